The molecule has 1 fully saturated rings. The number of rotatable bonds is 6. The highest BCUT2D eigenvalue weighted by molar-refractivity contribution is 6.66. The quantitative estimate of drug-likeness (QED) is 0.228. The number of nitrogens with zero attached hydrogens (tertiary/aromatic N) is 5. The first-order chi connectivity index (χ1) is 24.1. The van der Waals surface area contributed by atoms with Gasteiger partial charge in [0.1, 0.15) is 25.5 Å². The lowest BCUT2D eigenvalue weighted by molar-refractivity contribution is -0.128. The summed E-state index contributed by atoms with van der Waals surface area (Å²) in [6.45, 7) is -0.485. The Morgan fingerprint density at radius 2 is 1.67 bits per heavy atom. The van der Waals surface area contributed by atoms with Gasteiger partial charge in [0.2, 0.25) is 0 Å². The summed E-state index contributed by atoms with van der Waals surface area (Å²) in [7, 11) is 4.47. The van der Waals surface area contributed by atoms with Crippen molar-refractivity contribution in [2.45, 2.75) is 47.6 Å². The van der Waals surface area contributed by atoms with Crippen molar-refractivity contribution >= 4 is 69.0 Å². The number of carbonyl (C=O) groups excluding carboxylic acids is 2. The number of Topliss-reactive ketones (excluding diaryl/α,β-unsaturated/α-hetero) is 2. The highest BCUT2D eigenvalue weighted by Crippen LogP contribution is 2.64. The lowest BCUT2D eigenvalue weighted by Gasteiger charge is -2.54. The minimum atomic E-state index is -2.43. The maximum absolute atomic E-state index is 14.8. The molecule has 0 unspecified atom stereocenters. The number of phenols is 1. The smallest absolute Gasteiger partial charge is 0.347 e. The van der Waals surface area contributed by atoms with E-state index in [9.17, 15) is 33.5 Å². The van der Waals surface area contributed by atoms with Gasteiger partial charge in [0.15, 0.2) is 34.6 Å². The van der Waals surface area contributed by atoms with Gasteiger partial charge in [-0.25, -0.2) is 32.9 Å². The van der Waals surface area contributed by atoms with E-state index in [-0.39, 0.29) is 36.3 Å². The molecule has 3 heterocycles. The molecule has 1 saturated carbocycles. The van der Waals surface area contributed by atoms with Gasteiger partial charge in [0.25, 0.3) is 5.56 Å². The topological polar surface area (TPSA) is 157 Å². The van der Waals surface area contributed by atoms with Crippen LogP contribution in [0, 0.1) is 5.82 Å². The number of aromatic hydroxyl groups is 1. The van der Waals surface area contributed by atoms with Gasteiger partial charge in [-0.05, 0) is 11.6 Å². The number of phenolic OH excluding ortho intramolecular Hbond substituents is 1. The van der Waals surface area contributed by atoms with E-state index in [1.807, 2.05) is 0 Å². The predicted octanol–water partition coefficient (Wildman–Crippen LogP) is 3.63. The number of aromatic nitrogens is 5. The Labute approximate surface area is 306 Å². The molecular weight excluding hydrogens is 755 g/mol. The Kier molecular flexibility index (Phi) is 8.32. The number of hydrogen-bond acceptors (Lipinski definition) is 9. The van der Waals surface area contributed by atoms with Crippen LogP contribution in [0.25, 0.3) is 11.0 Å². The van der Waals surface area contributed by atoms with Crippen molar-refractivity contribution in [3.8, 4) is 17.2 Å². The Morgan fingerprint density at radius 3 is 2.35 bits per heavy atom. The average Bonchev–Trinajstić information content (AvgIpc) is 3.36. The molecule has 1 aliphatic heterocycles. The van der Waals surface area contributed by atoms with E-state index in [0.717, 1.165) is 20.0 Å². The standard InChI is InChI=1S/C33H26Cl4FN5O8/c1-40-19-12-22(51-3)21(50-2)11-18(19)39-17(29(40)47)8-9-41-30(48)42-10-7-14-20(43(42)31(41)49)13-32(36)27(45)24(34)25(35)28(46)33(32,37)23(14)15-5-4-6-16(38)26(15)44/h4-7,11-12,20,23,44H,8-10,13H2,1-3H3/t20-,23-,32-,33+/m1/s1. The third-order valence-electron chi connectivity index (χ3n) is 9.93. The average molecular weight is 781 g/mol. The van der Waals surface area contributed by atoms with Gasteiger partial charge < -0.3 is 19.1 Å². The molecule has 0 spiro atoms. The molecule has 0 amide bonds. The fourth-order valence-corrected chi connectivity index (χ4v) is 8.92. The van der Waals surface area contributed by atoms with Crippen molar-refractivity contribution < 1.29 is 28.6 Å². The van der Waals surface area contributed by atoms with E-state index < -0.39 is 78.3 Å². The van der Waals surface area contributed by atoms with E-state index in [1.54, 1.807) is 19.2 Å². The number of allylic oxidation sites excluding steroid dienone is 4. The molecule has 13 nitrogen and oxygen atoms in total. The number of aryl methyl sites for hydroxylation is 2. The van der Waals surface area contributed by atoms with E-state index in [1.165, 1.54) is 37.0 Å². The lowest BCUT2D eigenvalue weighted by atomic mass is 9.59. The van der Waals surface area contributed by atoms with Gasteiger partial charge in [-0.3, -0.25) is 14.4 Å². The maximum atomic E-state index is 14.8. The number of hydrogen-bond donors (Lipinski definition) is 1. The van der Waals surface area contributed by atoms with E-state index in [4.69, 9.17) is 55.9 Å². The monoisotopic (exact) mass is 779 g/mol. The number of halogens is 5. The largest absolute Gasteiger partial charge is 0.505 e. The Morgan fingerprint density at radius 1 is 1.00 bits per heavy atom. The Hall–Kier alpha value is -4.37. The fraction of sp³-hybridized carbons (Fsp3) is 0.333. The summed E-state index contributed by atoms with van der Waals surface area (Å²) in [5, 5.41) is 9.53. The second kappa shape index (κ2) is 12.1. The van der Waals surface area contributed by atoms with Gasteiger partial charge in [-0.2, -0.15) is 0 Å². The van der Waals surface area contributed by atoms with E-state index in [0.29, 0.717) is 22.5 Å². The summed E-state index contributed by atoms with van der Waals surface area (Å²) in [6.07, 6.45) is 0.874. The highest BCUT2D eigenvalue weighted by Gasteiger charge is 2.71. The summed E-state index contributed by atoms with van der Waals surface area (Å²) in [5.74, 6) is -4.71. The molecule has 4 aromatic rings. The first-order valence-electron chi connectivity index (χ1n) is 15.4. The molecule has 51 heavy (non-hydrogen) atoms. The fourth-order valence-electron chi connectivity index (χ4n) is 7.41. The van der Waals surface area contributed by atoms with Crippen molar-refractivity contribution in [1.29, 1.82) is 0 Å². The van der Waals surface area contributed by atoms with Crippen LogP contribution >= 0.6 is 46.4 Å². The molecule has 2 aromatic carbocycles. The first-order valence-corrected chi connectivity index (χ1v) is 16.9. The van der Waals surface area contributed by atoms with Crippen LogP contribution in [-0.4, -0.2) is 64.1 Å². The third kappa shape index (κ3) is 4.72. The van der Waals surface area contributed by atoms with Crippen LogP contribution in [-0.2, 0) is 36.1 Å². The zero-order valence-corrected chi connectivity index (χ0v) is 29.9. The lowest BCUT2D eigenvalue weighted by Crippen LogP contribution is -2.67. The number of methoxy groups -OCH3 is 2. The summed E-state index contributed by atoms with van der Waals surface area (Å²) in [4.78, 5) is 68.6. The molecule has 7 rings (SSSR count). The molecule has 0 bridgehead atoms. The second-order valence-corrected chi connectivity index (χ2v) is 14.3. The van der Waals surface area contributed by atoms with Crippen LogP contribution in [0.3, 0.4) is 0 Å². The summed E-state index contributed by atoms with van der Waals surface area (Å²) >= 11 is 26.6. The SMILES string of the molecule is COc1cc2nc(CCn3c(=O)n4n(c3=O)[C@@H]3C[C@@]5(Cl)C(=O)C(Cl)=C(Cl)C(=O)[C@@]5(Cl)[C@@H](c5cccc(F)c5O)C3=CC4)c(=O)n(C)c2cc1OC. The van der Waals surface area contributed by atoms with Crippen LogP contribution in [0.1, 0.15) is 29.6 Å². The molecule has 2 aromatic heterocycles. The number of benzene rings is 2. The molecule has 3 aliphatic rings. The van der Waals surface area contributed by atoms with Crippen LogP contribution in [0.5, 0.6) is 17.2 Å². The number of alkyl halides is 2. The number of fused-ring (bicyclic) bond motifs is 5. The van der Waals surface area contributed by atoms with Crippen molar-refractivity contribution in [2.75, 3.05) is 14.2 Å². The summed E-state index contributed by atoms with van der Waals surface area (Å²) in [5.41, 5.74) is -1.11. The molecule has 2 aliphatic carbocycles. The molecule has 0 radical (unpaired) electrons. The maximum Gasteiger partial charge on any atom is 0.347 e. The summed E-state index contributed by atoms with van der Waals surface area (Å²) < 4.78 is 30.0. The Balaban J connectivity index is 1.34. The first kappa shape index (κ1) is 35.1. The van der Waals surface area contributed by atoms with Crippen LogP contribution in [0.15, 0.2) is 66.4 Å². The zero-order valence-electron chi connectivity index (χ0n) is 26.9. The van der Waals surface area contributed by atoms with Gasteiger partial charge in [0, 0.05) is 50.0 Å². The van der Waals surface area contributed by atoms with Gasteiger partial charge >= 0.3 is 11.4 Å². The van der Waals surface area contributed by atoms with Crippen molar-refractivity contribution in [2.24, 2.45) is 7.05 Å². The zero-order chi connectivity index (χ0) is 36.9. The van der Waals surface area contributed by atoms with Crippen molar-refractivity contribution in [3.05, 3.63) is 100 Å². The van der Waals surface area contributed by atoms with Gasteiger partial charge in [-0.15, -0.1) is 23.2 Å². The number of para-hydroxylation sites is 1. The minimum absolute atomic E-state index is 0.0621. The van der Waals surface area contributed by atoms with Crippen LogP contribution in [0.2, 0.25) is 0 Å². The van der Waals surface area contributed by atoms with E-state index >= 15 is 0 Å². The predicted molar refractivity (Wildman–Crippen MR) is 185 cm³/mol. The number of carbonyl (C=O) groups is 2. The van der Waals surface area contributed by atoms with Crippen LogP contribution < -0.4 is 26.4 Å². The van der Waals surface area contributed by atoms with Crippen LogP contribution in [0.4, 0.5) is 4.39 Å². The summed E-state index contributed by atoms with van der Waals surface area (Å²) in [6, 6.07) is 5.56. The molecule has 18 heteroatoms. The molecular formula is C33H26Cl4FN5O8. The minimum Gasteiger partial charge on any atom is -0.505 e. The normalized spacial score (nSPS) is 24.3. The van der Waals surface area contributed by atoms with E-state index in [2.05, 4.69) is 4.98 Å². The third-order valence-corrected chi connectivity index (χ3v) is 12.2. The number of ketones is 2. The molecule has 4 atom stereocenters. The van der Waals surface area contributed by atoms with Crippen molar-refractivity contribution in [3.63, 3.8) is 0 Å². The Bertz CT molecular complexity index is 2490. The van der Waals surface area contributed by atoms with Crippen molar-refractivity contribution in [1.82, 2.24) is 23.5 Å². The highest BCUT2D eigenvalue weighted by atomic mass is 35.5. The number of ether oxygens (including phenoxy) is 2. The second-order valence-electron chi connectivity index (χ2n) is 12.3. The molecule has 266 valence electrons. The van der Waals surface area contributed by atoms with Gasteiger partial charge in [0.05, 0.1) is 37.8 Å². The van der Waals surface area contributed by atoms with Gasteiger partial charge in [-0.1, -0.05) is 41.4 Å². The molecule has 0 saturated heterocycles. The molecule has 1 N–H and O–H groups in total.